The minimum absolute atomic E-state index is 0.164. The van der Waals surface area contributed by atoms with Gasteiger partial charge in [0.05, 0.1) is 12.5 Å². The zero-order valence-corrected chi connectivity index (χ0v) is 14.4. The second kappa shape index (κ2) is 7.70. The summed E-state index contributed by atoms with van der Waals surface area (Å²) in [4.78, 5) is 23.3. The van der Waals surface area contributed by atoms with Gasteiger partial charge in [0.25, 0.3) is 5.91 Å². The SMILES string of the molecule is COc1ccccc1OCC(=O)Nc1ccc(C(C)(C)C(=O)O)cc1. The van der Waals surface area contributed by atoms with E-state index in [9.17, 15) is 14.7 Å². The molecule has 2 aromatic rings. The van der Waals surface area contributed by atoms with Crippen molar-refractivity contribution in [3.8, 4) is 11.5 Å². The third kappa shape index (κ3) is 4.50. The first-order chi connectivity index (χ1) is 11.8. The molecule has 0 aliphatic carbocycles. The summed E-state index contributed by atoms with van der Waals surface area (Å²) in [6, 6.07) is 13.8. The highest BCUT2D eigenvalue weighted by Gasteiger charge is 2.29. The lowest BCUT2D eigenvalue weighted by molar-refractivity contribution is -0.142. The standard InChI is InChI=1S/C19H21NO5/c1-19(2,18(22)23)13-8-10-14(11-9-13)20-17(21)12-25-16-7-5-4-6-15(16)24-3/h4-11H,12H2,1-3H3,(H,20,21)(H,22,23). The summed E-state index contributed by atoms with van der Waals surface area (Å²) in [6.45, 7) is 3.09. The summed E-state index contributed by atoms with van der Waals surface area (Å²) < 4.78 is 10.6. The van der Waals surface area contributed by atoms with Crippen LogP contribution in [0, 0.1) is 0 Å². The molecular formula is C19H21NO5. The number of carbonyl (C=O) groups is 2. The average molecular weight is 343 g/mol. The number of carboxylic acid groups (broad SMARTS) is 1. The Bertz CT molecular complexity index is 753. The van der Waals surface area contributed by atoms with Gasteiger partial charge in [-0.25, -0.2) is 0 Å². The zero-order valence-electron chi connectivity index (χ0n) is 14.4. The number of nitrogens with one attached hydrogen (secondary N) is 1. The van der Waals surface area contributed by atoms with Crippen LogP contribution < -0.4 is 14.8 Å². The van der Waals surface area contributed by atoms with E-state index in [1.54, 1.807) is 56.3 Å². The molecule has 0 bridgehead atoms. The van der Waals surface area contributed by atoms with Gasteiger partial charge in [0.15, 0.2) is 18.1 Å². The van der Waals surface area contributed by atoms with Crippen LogP contribution >= 0.6 is 0 Å². The monoisotopic (exact) mass is 343 g/mol. The smallest absolute Gasteiger partial charge is 0.313 e. The fourth-order valence-corrected chi connectivity index (χ4v) is 2.17. The normalized spacial score (nSPS) is 10.8. The maximum atomic E-state index is 12.0. The lowest BCUT2D eigenvalue weighted by atomic mass is 9.85. The van der Waals surface area contributed by atoms with Crippen LogP contribution in [0.4, 0.5) is 5.69 Å². The van der Waals surface area contributed by atoms with Gasteiger partial charge in [-0.1, -0.05) is 24.3 Å². The number of hydrogen-bond donors (Lipinski definition) is 2. The van der Waals surface area contributed by atoms with Crippen LogP contribution in [0.3, 0.4) is 0 Å². The van der Waals surface area contributed by atoms with Crippen molar-refractivity contribution in [3.05, 3.63) is 54.1 Å². The molecule has 0 aromatic heterocycles. The first-order valence-electron chi connectivity index (χ1n) is 7.74. The van der Waals surface area contributed by atoms with E-state index >= 15 is 0 Å². The van der Waals surface area contributed by atoms with Gasteiger partial charge in [-0.2, -0.15) is 0 Å². The molecule has 0 spiro atoms. The Morgan fingerprint density at radius 2 is 1.64 bits per heavy atom. The van der Waals surface area contributed by atoms with Crippen LogP contribution in [0.15, 0.2) is 48.5 Å². The summed E-state index contributed by atoms with van der Waals surface area (Å²) in [7, 11) is 1.53. The number of amides is 1. The second-order valence-electron chi connectivity index (χ2n) is 6.00. The molecule has 6 nitrogen and oxygen atoms in total. The number of carboxylic acids is 1. The van der Waals surface area contributed by atoms with Gasteiger partial charge in [-0.05, 0) is 43.7 Å². The number of methoxy groups -OCH3 is 1. The van der Waals surface area contributed by atoms with E-state index < -0.39 is 11.4 Å². The quantitative estimate of drug-likeness (QED) is 0.807. The van der Waals surface area contributed by atoms with Crippen LogP contribution in [-0.4, -0.2) is 30.7 Å². The second-order valence-corrected chi connectivity index (χ2v) is 6.00. The number of anilines is 1. The molecule has 0 atom stereocenters. The molecule has 132 valence electrons. The van der Waals surface area contributed by atoms with Gasteiger partial charge in [-0.15, -0.1) is 0 Å². The first kappa shape index (κ1) is 18.3. The summed E-state index contributed by atoms with van der Waals surface area (Å²) in [5.41, 5.74) is 0.233. The van der Waals surface area contributed by atoms with Crippen molar-refractivity contribution in [1.29, 1.82) is 0 Å². The molecule has 6 heteroatoms. The third-order valence-electron chi connectivity index (χ3n) is 3.85. The van der Waals surface area contributed by atoms with Crippen molar-refractivity contribution in [2.75, 3.05) is 19.0 Å². The van der Waals surface area contributed by atoms with Gasteiger partial charge in [0.1, 0.15) is 0 Å². The molecular weight excluding hydrogens is 322 g/mol. The fraction of sp³-hybridized carbons (Fsp3) is 0.263. The molecule has 0 heterocycles. The van der Waals surface area contributed by atoms with E-state index in [0.29, 0.717) is 22.7 Å². The minimum atomic E-state index is -0.991. The number of rotatable bonds is 7. The molecule has 0 unspecified atom stereocenters. The lowest BCUT2D eigenvalue weighted by Crippen LogP contribution is -2.28. The van der Waals surface area contributed by atoms with E-state index in [4.69, 9.17) is 9.47 Å². The summed E-state index contributed by atoms with van der Waals surface area (Å²) in [5.74, 6) is -0.195. The maximum absolute atomic E-state index is 12.0. The van der Waals surface area contributed by atoms with Gasteiger partial charge < -0.3 is 19.9 Å². The van der Waals surface area contributed by atoms with E-state index in [-0.39, 0.29) is 12.5 Å². The molecule has 25 heavy (non-hydrogen) atoms. The van der Waals surface area contributed by atoms with Crippen LogP contribution in [-0.2, 0) is 15.0 Å². The predicted octanol–water partition coefficient (Wildman–Crippen LogP) is 3.07. The molecule has 2 rings (SSSR count). The van der Waals surface area contributed by atoms with E-state index in [1.807, 2.05) is 6.07 Å². The van der Waals surface area contributed by atoms with Gasteiger partial charge >= 0.3 is 5.97 Å². The van der Waals surface area contributed by atoms with Crippen LogP contribution in [0.5, 0.6) is 11.5 Å². The van der Waals surface area contributed by atoms with E-state index in [2.05, 4.69) is 5.32 Å². The highest BCUT2D eigenvalue weighted by molar-refractivity contribution is 5.92. The van der Waals surface area contributed by atoms with Crippen molar-refractivity contribution in [1.82, 2.24) is 0 Å². The van der Waals surface area contributed by atoms with Crippen LogP contribution in [0.2, 0.25) is 0 Å². The Morgan fingerprint density at radius 3 is 2.20 bits per heavy atom. The van der Waals surface area contributed by atoms with E-state index in [1.165, 1.54) is 7.11 Å². The van der Waals surface area contributed by atoms with Crippen molar-refractivity contribution >= 4 is 17.6 Å². The maximum Gasteiger partial charge on any atom is 0.313 e. The van der Waals surface area contributed by atoms with Crippen molar-refractivity contribution in [3.63, 3.8) is 0 Å². The summed E-state index contributed by atoms with van der Waals surface area (Å²) in [5, 5.41) is 11.9. The number of carbonyl (C=O) groups excluding carboxylic acids is 1. The predicted molar refractivity (Wildman–Crippen MR) is 94.2 cm³/mol. The highest BCUT2D eigenvalue weighted by atomic mass is 16.5. The molecule has 2 aromatic carbocycles. The largest absolute Gasteiger partial charge is 0.493 e. The Hall–Kier alpha value is -3.02. The number of ether oxygens (including phenoxy) is 2. The van der Waals surface area contributed by atoms with Crippen molar-refractivity contribution in [2.24, 2.45) is 0 Å². The Morgan fingerprint density at radius 1 is 1.04 bits per heavy atom. The molecule has 1 amide bonds. The lowest BCUT2D eigenvalue weighted by Gasteiger charge is -2.19. The number of aliphatic carboxylic acids is 1. The zero-order chi connectivity index (χ0) is 18.4. The Labute approximate surface area is 146 Å². The third-order valence-corrected chi connectivity index (χ3v) is 3.85. The van der Waals surface area contributed by atoms with Gasteiger partial charge in [0.2, 0.25) is 0 Å². The molecule has 0 saturated heterocycles. The fourth-order valence-electron chi connectivity index (χ4n) is 2.17. The summed E-state index contributed by atoms with van der Waals surface area (Å²) >= 11 is 0. The molecule has 0 aliphatic heterocycles. The molecule has 0 radical (unpaired) electrons. The number of hydrogen-bond acceptors (Lipinski definition) is 4. The van der Waals surface area contributed by atoms with E-state index in [0.717, 1.165) is 0 Å². The Kier molecular flexibility index (Phi) is 5.64. The first-order valence-corrected chi connectivity index (χ1v) is 7.74. The topological polar surface area (TPSA) is 84.9 Å². The molecule has 0 aliphatic rings. The number of benzene rings is 2. The van der Waals surface area contributed by atoms with Crippen LogP contribution in [0.1, 0.15) is 19.4 Å². The van der Waals surface area contributed by atoms with Gasteiger partial charge in [0, 0.05) is 5.69 Å². The summed E-state index contributed by atoms with van der Waals surface area (Å²) in [6.07, 6.45) is 0. The highest BCUT2D eigenvalue weighted by Crippen LogP contribution is 2.26. The average Bonchev–Trinajstić information content (AvgIpc) is 2.60. The van der Waals surface area contributed by atoms with Gasteiger partial charge in [-0.3, -0.25) is 9.59 Å². The van der Waals surface area contributed by atoms with Crippen molar-refractivity contribution < 1.29 is 24.2 Å². The van der Waals surface area contributed by atoms with Crippen molar-refractivity contribution in [2.45, 2.75) is 19.3 Å². The minimum Gasteiger partial charge on any atom is -0.493 e. The molecule has 0 fully saturated rings. The van der Waals surface area contributed by atoms with Crippen LogP contribution in [0.25, 0.3) is 0 Å². The molecule has 0 saturated carbocycles. The Balaban J connectivity index is 1.96. The molecule has 2 N–H and O–H groups in total. The number of para-hydroxylation sites is 2.